The van der Waals surface area contributed by atoms with E-state index in [4.69, 9.17) is 0 Å². The summed E-state index contributed by atoms with van der Waals surface area (Å²) in [5.74, 6) is 1.80. The number of benzene rings is 1. The van der Waals surface area contributed by atoms with E-state index >= 15 is 0 Å². The highest BCUT2D eigenvalue weighted by Gasteiger charge is 2.36. The first-order valence-electron chi connectivity index (χ1n) is 9.26. The summed E-state index contributed by atoms with van der Waals surface area (Å²) in [6.07, 6.45) is 7.11. The molecule has 3 heterocycles. The Labute approximate surface area is 139 Å². The Bertz CT molecular complexity index is 587. The summed E-state index contributed by atoms with van der Waals surface area (Å²) >= 11 is 0. The second kappa shape index (κ2) is 6.63. The smallest absolute Gasteiger partial charge is 0.0995 e. The molecule has 5 rings (SSSR count). The van der Waals surface area contributed by atoms with Crippen molar-refractivity contribution in [3.8, 4) is 6.07 Å². The van der Waals surface area contributed by atoms with Crippen molar-refractivity contribution in [3.63, 3.8) is 0 Å². The third kappa shape index (κ3) is 3.29. The zero-order valence-corrected chi connectivity index (χ0v) is 14.0. The van der Waals surface area contributed by atoms with Crippen molar-refractivity contribution in [3.05, 3.63) is 35.4 Å². The maximum atomic E-state index is 9.32. The molecular formula is C20H27N3. The van der Waals surface area contributed by atoms with E-state index in [1.807, 2.05) is 12.1 Å². The molecule has 2 atom stereocenters. The minimum Gasteiger partial charge on any atom is -0.299 e. The van der Waals surface area contributed by atoms with Crippen LogP contribution in [-0.2, 0) is 6.54 Å². The van der Waals surface area contributed by atoms with Crippen molar-refractivity contribution >= 4 is 0 Å². The Morgan fingerprint density at radius 3 is 2.70 bits per heavy atom. The predicted octanol–water partition coefficient (Wildman–Crippen LogP) is 3.25. The second-order valence-electron chi connectivity index (χ2n) is 7.81. The van der Waals surface area contributed by atoms with Gasteiger partial charge in [-0.2, -0.15) is 5.26 Å². The van der Waals surface area contributed by atoms with Crippen LogP contribution in [0.15, 0.2) is 24.3 Å². The molecule has 4 fully saturated rings. The monoisotopic (exact) mass is 309 g/mol. The number of fused-ring (bicyclic) bond motifs is 4. The number of hydrogen-bond acceptors (Lipinski definition) is 3. The molecule has 3 aliphatic heterocycles. The summed E-state index contributed by atoms with van der Waals surface area (Å²) in [5, 5.41) is 9.32. The van der Waals surface area contributed by atoms with E-state index in [0.29, 0.717) is 0 Å². The van der Waals surface area contributed by atoms with Crippen molar-refractivity contribution < 1.29 is 0 Å². The molecule has 2 bridgehead atoms. The van der Waals surface area contributed by atoms with Crippen molar-refractivity contribution in [2.24, 2.45) is 11.8 Å². The van der Waals surface area contributed by atoms with Crippen molar-refractivity contribution in [2.45, 2.75) is 44.7 Å². The molecule has 1 aromatic rings. The minimum atomic E-state index is 0.739. The van der Waals surface area contributed by atoms with Gasteiger partial charge in [0.2, 0.25) is 0 Å². The van der Waals surface area contributed by atoms with E-state index in [0.717, 1.165) is 30.0 Å². The van der Waals surface area contributed by atoms with Gasteiger partial charge >= 0.3 is 0 Å². The van der Waals surface area contributed by atoms with Crippen LogP contribution in [0.1, 0.15) is 43.2 Å². The van der Waals surface area contributed by atoms with Crippen LogP contribution in [-0.4, -0.2) is 42.0 Å². The first-order chi connectivity index (χ1) is 11.3. The van der Waals surface area contributed by atoms with Gasteiger partial charge < -0.3 is 0 Å². The van der Waals surface area contributed by atoms with Crippen LogP contribution < -0.4 is 0 Å². The molecule has 3 heteroatoms. The topological polar surface area (TPSA) is 30.3 Å². The van der Waals surface area contributed by atoms with Crippen LogP contribution in [0.2, 0.25) is 0 Å². The molecule has 0 spiro atoms. The Hall–Kier alpha value is -1.37. The Morgan fingerprint density at radius 2 is 1.91 bits per heavy atom. The largest absolute Gasteiger partial charge is 0.299 e. The molecule has 122 valence electrons. The first kappa shape index (κ1) is 15.2. The van der Waals surface area contributed by atoms with E-state index in [1.165, 1.54) is 63.8 Å². The average Bonchev–Trinajstić information content (AvgIpc) is 2.82. The van der Waals surface area contributed by atoms with Gasteiger partial charge in [0.15, 0.2) is 0 Å². The number of nitrogens with zero attached hydrogens (tertiary/aromatic N) is 3. The summed E-state index contributed by atoms with van der Waals surface area (Å²) in [4.78, 5) is 5.41. The van der Waals surface area contributed by atoms with Crippen LogP contribution in [0.25, 0.3) is 0 Å². The maximum absolute atomic E-state index is 9.32. The summed E-state index contributed by atoms with van der Waals surface area (Å²) in [5.41, 5.74) is 2.04. The van der Waals surface area contributed by atoms with Gasteiger partial charge in [0.05, 0.1) is 11.6 Å². The summed E-state index contributed by atoms with van der Waals surface area (Å²) in [7, 11) is 0. The Balaban J connectivity index is 1.44. The lowest BCUT2D eigenvalue weighted by Crippen LogP contribution is -2.46. The molecule has 1 aliphatic carbocycles. The minimum absolute atomic E-state index is 0.739. The highest BCUT2D eigenvalue weighted by atomic mass is 15.3. The number of rotatable bonds is 4. The van der Waals surface area contributed by atoms with Gasteiger partial charge in [-0.25, -0.2) is 0 Å². The first-order valence-corrected chi connectivity index (χ1v) is 9.26. The lowest BCUT2D eigenvalue weighted by atomic mass is 9.83. The normalized spacial score (nSPS) is 29.0. The van der Waals surface area contributed by atoms with Gasteiger partial charge in [-0.15, -0.1) is 0 Å². The van der Waals surface area contributed by atoms with E-state index in [9.17, 15) is 5.26 Å². The number of piperidine rings is 1. The predicted molar refractivity (Wildman–Crippen MR) is 91.9 cm³/mol. The molecule has 1 saturated carbocycles. The molecule has 0 aromatic heterocycles. The van der Waals surface area contributed by atoms with Crippen LogP contribution in [0.4, 0.5) is 0 Å². The molecule has 3 saturated heterocycles. The molecule has 23 heavy (non-hydrogen) atoms. The molecule has 0 N–H and O–H groups in total. The average molecular weight is 309 g/mol. The Morgan fingerprint density at radius 1 is 1.04 bits per heavy atom. The molecule has 0 radical (unpaired) electrons. The third-order valence-electron chi connectivity index (χ3n) is 6.15. The molecule has 4 aliphatic rings. The van der Waals surface area contributed by atoms with Gasteiger partial charge in [-0.05, 0) is 49.1 Å². The fourth-order valence-corrected chi connectivity index (χ4v) is 4.64. The van der Waals surface area contributed by atoms with Crippen LogP contribution in [0.5, 0.6) is 0 Å². The van der Waals surface area contributed by atoms with Gasteiger partial charge in [-0.1, -0.05) is 24.6 Å². The van der Waals surface area contributed by atoms with Crippen LogP contribution >= 0.6 is 0 Å². The second-order valence-corrected chi connectivity index (χ2v) is 7.81. The summed E-state index contributed by atoms with van der Waals surface area (Å²) in [6, 6.07) is 11.2. The number of hydrogen-bond donors (Lipinski definition) is 0. The quantitative estimate of drug-likeness (QED) is 0.855. The summed E-state index contributed by atoms with van der Waals surface area (Å²) in [6.45, 7) is 5.97. The Kier molecular flexibility index (Phi) is 4.37. The lowest BCUT2D eigenvalue weighted by Gasteiger charge is -2.40. The van der Waals surface area contributed by atoms with E-state index in [2.05, 4.69) is 28.0 Å². The third-order valence-corrected chi connectivity index (χ3v) is 6.15. The van der Waals surface area contributed by atoms with E-state index in [1.54, 1.807) is 0 Å². The van der Waals surface area contributed by atoms with Crippen LogP contribution in [0.3, 0.4) is 0 Å². The van der Waals surface area contributed by atoms with Crippen molar-refractivity contribution in [1.82, 2.24) is 9.80 Å². The summed E-state index contributed by atoms with van der Waals surface area (Å²) < 4.78 is 0. The zero-order chi connectivity index (χ0) is 15.6. The molecular weight excluding hydrogens is 282 g/mol. The van der Waals surface area contributed by atoms with Crippen molar-refractivity contribution in [2.75, 3.05) is 26.2 Å². The van der Waals surface area contributed by atoms with Gasteiger partial charge in [0, 0.05) is 38.8 Å². The van der Waals surface area contributed by atoms with E-state index in [-0.39, 0.29) is 0 Å². The van der Waals surface area contributed by atoms with Crippen LogP contribution in [0, 0.1) is 23.2 Å². The molecule has 0 amide bonds. The zero-order valence-electron chi connectivity index (χ0n) is 14.0. The van der Waals surface area contributed by atoms with Gasteiger partial charge in [0.25, 0.3) is 0 Å². The maximum Gasteiger partial charge on any atom is 0.0995 e. The van der Waals surface area contributed by atoms with Gasteiger partial charge in [-0.3, -0.25) is 9.80 Å². The molecule has 0 unspecified atom stereocenters. The lowest BCUT2D eigenvalue weighted by molar-refractivity contribution is 0.0891. The molecule has 3 nitrogen and oxygen atoms in total. The number of nitriles is 1. The van der Waals surface area contributed by atoms with Crippen molar-refractivity contribution in [1.29, 1.82) is 5.26 Å². The fourth-order valence-electron chi connectivity index (χ4n) is 4.64. The highest BCUT2D eigenvalue weighted by Crippen LogP contribution is 2.33. The van der Waals surface area contributed by atoms with E-state index < -0.39 is 0 Å². The van der Waals surface area contributed by atoms with Gasteiger partial charge in [0.1, 0.15) is 0 Å². The molecule has 1 aromatic carbocycles. The highest BCUT2D eigenvalue weighted by molar-refractivity contribution is 5.37. The SMILES string of the molecule is N#Cc1ccccc1CN1C[C@@H]2CC[C@H](C1)N(CC1CCC1)C2. The fraction of sp³-hybridized carbons (Fsp3) is 0.650. The standard InChI is InChI=1S/C20H27N3/c21-10-18-6-1-2-7-19(18)14-22-11-17-8-9-20(15-22)23(13-17)12-16-4-3-5-16/h1-2,6-7,16-17,20H,3-5,8-9,11-15H2/t17-,20+/m0/s1.